The van der Waals surface area contributed by atoms with E-state index in [2.05, 4.69) is 5.73 Å². The van der Waals surface area contributed by atoms with Gasteiger partial charge in [0.2, 0.25) is 0 Å². The maximum Gasteiger partial charge on any atom is 0.150 e. The molecule has 0 saturated heterocycles. The molecule has 1 aromatic carbocycles. The van der Waals surface area contributed by atoms with E-state index in [0.717, 1.165) is 5.56 Å². The van der Waals surface area contributed by atoms with Crippen molar-refractivity contribution < 1.29 is 0 Å². The van der Waals surface area contributed by atoms with E-state index in [4.69, 9.17) is 34.8 Å². The van der Waals surface area contributed by atoms with Gasteiger partial charge < -0.3 is 0 Å². The van der Waals surface area contributed by atoms with E-state index < -0.39 is 0 Å². The summed E-state index contributed by atoms with van der Waals surface area (Å²) in [5, 5.41) is 0.413. The van der Waals surface area contributed by atoms with Crippen molar-refractivity contribution in [1.29, 1.82) is 0 Å². The van der Waals surface area contributed by atoms with E-state index in [1.807, 2.05) is 30.3 Å². The summed E-state index contributed by atoms with van der Waals surface area (Å²) in [4.78, 5) is 0. The van der Waals surface area contributed by atoms with Crippen molar-refractivity contribution in [3.8, 4) is 0 Å². The van der Waals surface area contributed by atoms with Crippen LogP contribution < -0.4 is 0 Å². The van der Waals surface area contributed by atoms with Crippen molar-refractivity contribution in [3.63, 3.8) is 0 Å². The van der Waals surface area contributed by atoms with Gasteiger partial charge in [-0.3, -0.25) is 0 Å². The van der Waals surface area contributed by atoms with Gasteiger partial charge in [0.25, 0.3) is 0 Å². The van der Waals surface area contributed by atoms with Crippen LogP contribution in [-0.4, -0.2) is 0 Å². The van der Waals surface area contributed by atoms with Gasteiger partial charge in [0.05, 0.1) is 5.03 Å². The fourth-order valence-electron chi connectivity index (χ4n) is 0.740. The SMILES string of the molecule is ClC(Cl)=C=C(Cl)c1ccccc1. The minimum Gasteiger partial charge on any atom is -0.0744 e. The van der Waals surface area contributed by atoms with E-state index >= 15 is 0 Å². The molecule has 1 aromatic rings. The van der Waals surface area contributed by atoms with E-state index in [1.165, 1.54) is 0 Å². The van der Waals surface area contributed by atoms with E-state index in [0.29, 0.717) is 5.03 Å². The lowest BCUT2D eigenvalue weighted by molar-refractivity contribution is 1.65. The molecule has 0 aliphatic rings. The summed E-state index contributed by atoms with van der Waals surface area (Å²) in [6, 6.07) is 9.36. The summed E-state index contributed by atoms with van der Waals surface area (Å²) in [6.45, 7) is 0. The maximum atomic E-state index is 5.82. The van der Waals surface area contributed by atoms with Crippen molar-refractivity contribution >= 4 is 39.8 Å². The Morgan fingerprint density at radius 3 is 2.08 bits per heavy atom. The van der Waals surface area contributed by atoms with Crippen molar-refractivity contribution in [2.24, 2.45) is 0 Å². The van der Waals surface area contributed by atoms with Crippen molar-refractivity contribution in [1.82, 2.24) is 0 Å². The van der Waals surface area contributed by atoms with Crippen molar-refractivity contribution in [3.05, 3.63) is 46.1 Å². The highest BCUT2D eigenvalue weighted by atomic mass is 35.5. The molecule has 0 radical (unpaired) electrons. The molecule has 0 spiro atoms. The number of hydrogen-bond acceptors (Lipinski definition) is 0. The summed E-state index contributed by atoms with van der Waals surface area (Å²) < 4.78 is 0.0313. The molecule has 0 unspecified atom stereocenters. The minimum absolute atomic E-state index is 0.0313. The van der Waals surface area contributed by atoms with Gasteiger partial charge in [0.1, 0.15) is 4.49 Å². The first-order chi connectivity index (χ1) is 5.70. The first-order valence-corrected chi connectivity index (χ1v) is 4.36. The summed E-state index contributed by atoms with van der Waals surface area (Å²) >= 11 is 16.6. The largest absolute Gasteiger partial charge is 0.150 e. The van der Waals surface area contributed by atoms with Crippen molar-refractivity contribution in [2.75, 3.05) is 0 Å². The van der Waals surface area contributed by atoms with E-state index in [-0.39, 0.29) is 4.49 Å². The molecule has 0 amide bonds. The lowest BCUT2D eigenvalue weighted by Gasteiger charge is -1.93. The van der Waals surface area contributed by atoms with Gasteiger partial charge in [-0.25, -0.2) is 0 Å². The Bertz CT molecular complexity index is 317. The number of halogens is 3. The molecule has 3 heteroatoms. The van der Waals surface area contributed by atoms with Crippen LogP contribution in [0.4, 0.5) is 0 Å². The summed E-state index contributed by atoms with van der Waals surface area (Å²) in [6.07, 6.45) is 0. The molecule has 12 heavy (non-hydrogen) atoms. The molecule has 0 N–H and O–H groups in total. The van der Waals surface area contributed by atoms with Gasteiger partial charge in [-0.2, -0.15) is 0 Å². The normalized spacial score (nSPS) is 8.92. The minimum atomic E-state index is 0.0313. The average molecular weight is 219 g/mol. The monoisotopic (exact) mass is 218 g/mol. The molecule has 0 bridgehead atoms. The van der Waals surface area contributed by atoms with Crippen LogP contribution >= 0.6 is 34.8 Å². The third kappa shape index (κ3) is 2.92. The van der Waals surface area contributed by atoms with Gasteiger partial charge >= 0.3 is 0 Å². The topological polar surface area (TPSA) is 0 Å². The quantitative estimate of drug-likeness (QED) is 0.622. The van der Waals surface area contributed by atoms with Crippen LogP contribution in [0.1, 0.15) is 5.56 Å². The lowest BCUT2D eigenvalue weighted by atomic mass is 10.2. The lowest BCUT2D eigenvalue weighted by Crippen LogP contribution is -1.72. The zero-order valence-corrected chi connectivity index (χ0v) is 8.29. The van der Waals surface area contributed by atoms with Gasteiger partial charge in [-0.05, 0) is 0 Å². The first-order valence-electron chi connectivity index (χ1n) is 3.23. The first kappa shape index (κ1) is 9.70. The molecule has 0 aliphatic carbocycles. The average Bonchev–Trinajstić information content (AvgIpc) is 2.05. The molecule has 0 atom stereocenters. The molecule has 0 nitrogen and oxygen atoms in total. The molecule has 0 heterocycles. The maximum absolute atomic E-state index is 5.82. The molecular weight excluding hydrogens is 214 g/mol. The second-order valence-corrected chi connectivity index (χ2v) is 3.39. The Morgan fingerprint density at radius 2 is 1.58 bits per heavy atom. The Kier molecular flexibility index (Phi) is 3.71. The van der Waals surface area contributed by atoms with Crippen LogP contribution in [0.25, 0.3) is 5.03 Å². The molecular formula is C9H5Cl3. The number of hydrogen-bond donors (Lipinski definition) is 0. The molecule has 0 aliphatic heterocycles. The molecule has 62 valence electrons. The van der Waals surface area contributed by atoms with Gasteiger partial charge in [-0.15, -0.1) is 0 Å². The van der Waals surface area contributed by atoms with Crippen LogP contribution in [0, 0.1) is 0 Å². The number of benzene rings is 1. The Balaban J connectivity index is 3.10. The molecule has 0 aromatic heterocycles. The Hall–Kier alpha value is -0.390. The third-order valence-corrected chi connectivity index (χ3v) is 1.73. The van der Waals surface area contributed by atoms with Crippen molar-refractivity contribution in [2.45, 2.75) is 0 Å². The number of rotatable bonds is 1. The van der Waals surface area contributed by atoms with Crippen LogP contribution in [0.2, 0.25) is 0 Å². The van der Waals surface area contributed by atoms with Crippen LogP contribution in [-0.2, 0) is 0 Å². The highest BCUT2D eigenvalue weighted by molar-refractivity contribution is 6.57. The summed E-state index contributed by atoms with van der Waals surface area (Å²) in [7, 11) is 0. The Morgan fingerprint density at radius 1 is 1.00 bits per heavy atom. The van der Waals surface area contributed by atoms with Gasteiger partial charge in [0.15, 0.2) is 0 Å². The second kappa shape index (κ2) is 4.59. The molecule has 0 saturated carbocycles. The fourth-order valence-corrected chi connectivity index (χ4v) is 1.25. The van der Waals surface area contributed by atoms with Crippen LogP contribution in [0.15, 0.2) is 40.6 Å². The standard InChI is InChI=1S/C9H5Cl3/c10-8(6-9(11)12)7-4-2-1-3-5-7/h1-5H. The van der Waals surface area contributed by atoms with Crippen LogP contribution in [0.5, 0.6) is 0 Å². The summed E-state index contributed by atoms with van der Waals surface area (Å²) in [5.41, 5.74) is 3.43. The predicted molar refractivity (Wildman–Crippen MR) is 54.4 cm³/mol. The van der Waals surface area contributed by atoms with Gasteiger partial charge in [-0.1, -0.05) is 70.9 Å². The smallest absolute Gasteiger partial charge is 0.0744 e. The zero-order chi connectivity index (χ0) is 8.97. The van der Waals surface area contributed by atoms with E-state index in [1.54, 1.807) is 0 Å². The zero-order valence-electron chi connectivity index (χ0n) is 6.02. The highest BCUT2D eigenvalue weighted by Crippen LogP contribution is 2.19. The van der Waals surface area contributed by atoms with Crippen LogP contribution in [0.3, 0.4) is 0 Å². The highest BCUT2D eigenvalue weighted by Gasteiger charge is 1.94. The van der Waals surface area contributed by atoms with Gasteiger partial charge in [0, 0.05) is 5.56 Å². The molecule has 1 rings (SSSR count). The summed E-state index contributed by atoms with van der Waals surface area (Å²) in [5.74, 6) is 0. The second-order valence-electron chi connectivity index (χ2n) is 2.07. The third-order valence-electron chi connectivity index (χ3n) is 1.23. The predicted octanol–water partition coefficient (Wildman–Crippen LogP) is 4.18. The van der Waals surface area contributed by atoms with E-state index in [9.17, 15) is 0 Å². The molecule has 0 fully saturated rings. The fraction of sp³-hybridized carbons (Fsp3) is 0. The Labute approximate surface area is 86.1 Å².